The summed E-state index contributed by atoms with van der Waals surface area (Å²) in [5.74, 6) is 0.940. The van der Waals surface area contributed by atoms with E-state index in [0.717, 1.165) is 11.4 Å². The molecule has 0 spiro atoms. The van der Waals surface area contributed by atoms with Crippen molar-refractivity contribution in [1.29, 1.82) is 0 Å². The van der Waals surface area contributed by atoms with Crippen LogP contribution in [0.3, 0.4) is 0 Å². The van der Waals surface area contributed by atoms with E-state index < -0.39 is 6.09 Å². The molecule has 148 valence electrons. The van der Waals surface area contributed by atoms with Crippen LogP contribution in [0.1, 0.15) is 11.3 Å². The fourth-order valence-electron chi connectivity index (χ4n) is 2.67. The second kappa shape index (κ2) is 9.03. The summed E-state index contributed by atoms with van der Waals surface area (Å²) in [5.41, 5.74) is 2.96. The monoisotopic (exact) mass is 384 g/mol. The predicted molar refractivity (Wildman–Crippen MR) is 106 cm³/mol. The fraction of sp³-hybridized carbons (Fsp3) is 0.368. The lowest BCUT2D eigenvalue weighted by atomic mass is 10.2. The molecule has 1 saturated heterocycles. The van der Waals surface area contributed by atoms with Crippen molar-refractivity contribution in [3.8, 4) is 0 Å². The Balaban J connectivity index is 1.46. The molecule has 1 aromatic heterocycles. The highest BCUT2D eigenvalue weighted by Crippen LogP contribution is 2.17. The van der Waals surface area contributed by atoms with Gasteiger partial charge in [0.2, 0.25) is 11.9 Å². The lowest BCUT2D eigenvalue weighted by molar-refractivity contribution is -0.121. The minimum absolute atomic E-state index is 0.00436. The van der Waals surface area contributed by atoms with E-state index in [4.69, 9.17) is 4.74 Å². The van der Waals surface area contributed by atoms with E-state index in [1.54, 1.807) is 0 Å². The molecular weight excluding hydrogens is 360 g/mol. The van der Waals surface area contributed by atoms with Crippen LogP contribution in [0.15, 0.2) is 30.3 Å². The third-order valence-corrected chi connectivity index (χ3v) is 4.09. The number of cyclic esters (lactones) is 1. The van der Waals surface area contributed by atoms with Crippen LogP contribution in [0.5, 0.6) is 0 Å². The Bertz CT molecular complexity index is 840. The largest absolute Gasteiger partial charge is 0.448 e. The average molecular weight is 384 g/mol. The second-order valence-electron chi connectivity index (χ2n) is 6.52. The molecule has 0 bridgehead atoms. The quantitative estimate of drug-likeness (QED) is 0.596. The van der Waals surface area contributed by atoms with Crippen LogP contribution in [-0.2, 0) is 9.53 Å². The molecule has 9 heteroatoms. The van der Waals surface area contributed by atoms with E-state index >= 15 is 0 Å². The number of hydrogen-bond donors (Lipinski definition) is 3. The van der Waals surface area contributed by atoms with Crippen LogP contribution in [0.4, 0.5) is 22.2 Å². The average Bonchev–Trinajstić information content (AvgIpc) is 3.05. The van der Waals surface area contributed by atoms with Crippen molar-refractivity contribution in [3.63, 3.8) is 0 Å². The molecule has 2 aromatic rings. The Hall–Kier alpha value is -3.36. The van der Waals surface area contributed by atoms with Gasteiger partial charge in [-0.2, -0.15) is 4.98 Å². The molecule has 1 aromatic carbocycles. The standard InChI is InChI=1S/C19H24N6O3/c1-13-3-5-15(6-4-13)23-16-11-14(2)22-18(24-16)21-8-7-20-17(26)12-25-9-10-28-19(25)27/h3-6,11H,7-10,12H2,1-2H3,(H,20,26)(H2,21,22,23,24). The number of nitrogens with one attached hydrogen (secondary N) is 3. The maximum absolute atomic E-state index is 11.9. The van der Waals surface area contributed by atoms with Gasteiger partial charge in [-0.05, 0) is 26.0 Å². The van der Waals surface area contributed by atoms with Crippen molar-refractivity contribution in [1.82, 2.24) is 20.2 Å². The molecule has 0 atom stereocenters. The van der Waals surface area contributed by atoms with Crippen LogP contribution in [0.2, 0.25) is 0 Å². The molecule has 0 unspecified atom stereocenters. The topological polar surface area (TPSA) is 108 Å². The molecule has 1 fully saturated rings. The molecule has 3 N–H and O–H groups in total. The van der Waals surface area contributed by atoms with Gasteiger partial charge in [0.25, 0.3) is 0 Å². The maximum atomic E-state index is 11.9. The zero-order chi connectivity index (χ0) is 19.9. The summed E-state index contributed by atoms with van der Waals surface area (Å²) in [5, 5.41) is 9.10. The van der Waals surface area contributed by atoms with Gasteiger partial charge in [-0.15, -0.1) is 0 Å². The zero-order valence-electron chi connectivity index (χ0n) is 16.0. The Labute approximate surface area is 163 Å². The fourth-order valence-corrected chi connectivity index (χ4v) is 2.67. The minimum atomic E-state index is -0.449. The van der Waals surface area contributed by atoms with Gasteiger partial charge < -0.3 is 20.7 Å². The number of aryl methyl sites for hydroxylation is 2. The predicted octanol–water partition coefficient (Wildman–Crippen LogP) is 1.82. The summed E-state index contributed by atoms with van der Waals surface area (Å²) in [6, 6.07) is 9.90. The minimum Gasteiger partial charge on any atom is -0.448 e. The van der Waals surface area contributed by atoms with Gasteiger partial charge in [0.05, 0.1) is 6.54 Å². The highest BCUT2D eigenvalue weighted by atomic mass is 16.6. The van der Waals surface area contributed by atoms with E-state index in [1.165, 1.54) is 10.5 Å². The van der Waals surface area contributed by atoms with Crippen molar-refractivity contribution in [3.05, 3.63) is 41.6 Å². The molecule has 2 amide bonds. The first kappa shape index (κ1) is 19.4. The van der Waals surface area contributed by atoms with Gasteiger partial charge >= 0.3 is 6.09 Å². The summed E-state index contributed by atoms with van der Waals surface area (Å²) < 4.78 is 4.79. The van der Waals surface area contributed by atoms with Crippen molar-refractivity contribution in [2.75, 3.05) is 43.4 Å². The van der Waals surface area contributed by atoms with Gasteiger partial charge in [-0.25, -0.2) is 9.78 Å². The number of hydrogen-bond acceptors (Lipinski definition) is 7. The molecule has 1 aliphatic rings. The highest BCUT2D eigenvalue weighted by molar-refractivity contribution is 5.82. The van der Waals surface area contributed by atoms with Crippen molar-refractivity contribution >= 4 is 29.5 Å². The Morgan fingerprint density at radius 3 is 2.68 bits per heavy atom. The number of rotatable bonds is 8. The normalized spacial score (nSPS) is 13.2. The van der Waals surface area contributed by atoms with Gasteiger partial charge in [-0.1, -0.05) is 17.7 Å². The first-order valence-corrected chi connectivity index (χ1v) is 9.11. The maximum Gasteiger partial charge on any atom is 0.410 e. The molecule has 3 rings (SSSR count). The molecule has 0 radical (unpaired) electrons. The number of amides is 2. The number of aromatic nitrogens is 2. The van der Waals surface area contributed by atoms with Gasteiger partial charge in [0, 0.05) is 30.5 Å². The molecule has 0 saturated carbocycles. The summed E-state index contributed by atoms with van der Waals surface area (Å²) >= 11 is 0. The number of carbonyl (C=O) groups is 2. The van der Waals surface area contributed by atoms with Crippen LogP contribution in [0.25, 0.3) is 0 Å². The van der Waals surface area contributed by atoms with E-state index in [-0.39, 0.29) is 12.5 Å². The van der Waals surface area contributed by atoms with Crippen LogP contribution in [0, 0.1) is 13.8 Å². The van der Waals surface area contributed by atoms with E-state index in [2.05, 4.69) is 25.9 Å². The Kier molecular flexibility index (Phi) is 6.25. The number of benzene rings is 1. The van der Waals surface area contributed by atoms with Gasteiger partial charge in [-0.3, -0.25) is 9.69 Å². The summed E-state index contributed by atoms with van der Waals surface area (Å²) in [4.78, 5) is 33.4. The first-order chi connectivity index (χ1) is 13.5. The lowest BCUT2D eigenvalue weighted by Crippen LogP contribution is -2.39. The third kappa shape index (κ3) is 5.57. The zero-order valence-corrected chi connectivity index (χ0v) is 16.0. The second-order valence-corrected chi connectivity index (χ2v) is 6.52. The summed E-state index contributed by atoms with van der Waals surface area (Å²) in [7, 11) is 0. The third-order valence-electron chi connectivity index (χ3n) is 4.09. The molecular formula is C19H24N6O3. The van der Waals surface area contributed by atoms with Gasteiger partial charge in [0.15, 0.2) is 0 Å². The van der Waals surface area contributed by atoms with Crippen LogP contribution < -0.4 is 16.0 Å². The molecule has 28 heavy (non-hydrogen) atoms. The number of nitrogens with zero attached hydrogens (tertiary/aromatic N) is 3. The smallest absolute Gasteiger partial charge is 0.410 e. The van der Waals surface area contributed by atoms with Gasteiger partial charge in [0.1, 0.15) is 19.0 Å². The summed E-state index contributed by atoms with van der Waals surface area (Å²) in [6.45, 7) is 5.56. The Morgan fingerprint density at radius 2 is 1.96 bits per heavy atom. The van der Waals surface area contributed by atoms with Crippen LogP contribution >= 0.6 is 0 Å². The molecule has 2 heterocycles. The number of ether oxygens (including phenoxy) is 1. The number of carbonyl (C=O) groups excluding carboxylic acids is 2. The Morgan fingerprint density at radius 1 is 1.18 bits per heavy atom. The van der Waals surface area contributed by atoms with E-state index in [1.807, 2.05) is 44.2 Å². The van der Waals surface area contributed by atoms with Crippen molar-refractivity contribution < 1.29 is 14.3 Å². The first-order valence-electron chi connectivity index (χ1n) is 9.11. The lowest BCUT2D eigenvalue weighted by Gasteiger charge is -2.13. The highest BCUT2D eigenvalue weighted by Gasteiger charge is 2.23. The molecule has 1 aliphatic heterocycles. The SMILES string of the molecule is Cc1ccc(Nc2cc(C)nc(NCCNC(=O)CN3CCOC3=O)n2)cc1. The van der Waals surface area contributed by atoms with Crippen molar-refractivity contribution in [2.45, 2.75) is 13.8 Å². The van der Waals surface area contributed by atoms with Crippen LogP contribution in [-0.4, -0.2) is 59.7 Å². The van der Waals surface area contributed by atoms with E-state index in [9.17, 15) is 9.59 Å². The summed E-state index contributed by atoms with van der Waals surface area (Å²) in [6.07, 6.45) is -0.449. The molecule has 0 aliphatic carbocycles. The number of anilines is 3. The van der Waals surface area contributed by atoms with E-state index in [0.29, 0.717) is 38.0 Å². The molecule has 9 nitrogen and oxygen atoms in total. The van der Waals surface area contributed by atoms with Crippen molar-refractivity contribution in [2.24, 2.45) is 0 Å².